The van der Waals surface area contributed by atoms with Crippen molar-refractivity contribution in [1.82, 2.24) is 14.9 Å². The molecule has 0 amide bonds. The summed E-state index contributed by atoms with van der Waals surface area (Å²) in [5.41, 5.74) is 0.394. The molecule has 0 radical (unpaired) electrons. The summed E-state index contributed by atoms with van der Waals surface area (Å²) in [4.78, 5) is 28.8. The number of hydrogen-bond donors (Lipinski definition) is 3. The molecular weight excluding hydrogens is 406 g/mol. The van der Waals surface area contributed by atoms with Crippen molar-refractivity contribution in [3.8, 4) is 0 Å². The molecule has 1 aromatic carbocycles. The average molecular weight is 436 g/mol. The highest BCUT2D eigenvalue weighted by molar-refractivity contribution is 6.31. The van der Waals surface area contributed by atoms with E-state index in [0.717, 1.165) is 24.9 Å². The predicted molar refractivity (Wildman–Crippen MR) is 117 cm³/mol. The zero-order chi connectivity index (χ0) is 22.1. The molecule has 1 aliphatic rings. The maximum atomic E-state index is 12.9. The van der Waals surface area contributed by atoms with Gasteiger partial charge in [-0.2, -0.15) is 0 Å². The van der Waals surface area contributed by atoms with Gasteiger partial charge in [0.1, 0.15) is 0 Å². The van der Waals surface area contributed by atoms with E-state index in [4.69, 9.17) is 11.6 Å². The number of carbonyl (C=O) groups is 1. The van der Waals surface area contributed by atoms with E-state index in [9.17, 15) is 19.8 Å². The van der Waals surface area contributed by atoms with E-state index in [-0.39, 0.29) is 24.1 Å². The first kappa shape index (κ1) is 22.7. The molecule has 8 heteroatoms. The lowest BCUT2D eigenvalue weighted by atomic mass is 9.75. The van der Waals surface area contributed by atoms with Gasteiger partial charge in [-0.15, -0.1) is 0 Å². The molecule has 0 aliphatic carbocycles. The molecule has 164 valence electrons. The van der Waals surface area contributed by atoms with Crippen LogP contribution in [-0.2, 0) is 11.3 Å². The number of benzene rings is 1. The second-order valence-electron chi connectivity index (χ2n) is 9.07. The summed E-state index contributed by atoms with van der Waals surface area (Å²) in [7, 11) is 0. The number of rotatable bonds is 7. The van der Waals surface area contributed by atoms with E-state index in [2.05, 4.69) is 10.3 Å². The summed E-state index contributed by atoms with van der Waals surface area (Å²) < 4.78 is 1.42. The van der Waals surface area contributed by atoms with Crippen LogP contribution in [0.15, 0.2) is 23.3 Å². The molecule has 3 rings (SSSR count). The second kappa shape index (κ2) is 9.04. The van der Waals surface area contributed by atoms with Crippen LogP contribution in [0, 0.1) is 18.3 Å². The molecule has 1 saturated heterocycles. The molecule has 3 N–H and O–H groups in total. The Morgan fingerprint density at radius 2 is 2.17 bits per heavy atom. The standard InChI is InChI=1S/C22H30ClN3O4/c1-13-7-15(23)8-17-19(13)25-12-26(20(17)28)11-16(27)9-18-14(5-4-6-24-18)10-22(2,3)21(29)30/h7-8,12,14,16,18,24,27H,4-6,9-11H2,1-3H3,(H,29,30)/t14-,16?,18+/m0/s1. The number of aryl methyl sites for hydroxylation is 1. The molecule has 1 fully saturated rings. The zero-order valence-corrected chi connectivity index (χ0v) is 18.4. The van der Waals surface area contributed by atoms with E-state index in [1.807, 2.05) is 6.92 Å². The molecule has 0 bridgehead atoms. The van der Waals surface area contributed by atoms with Crippen LogP contribution in [0.1, 0.15) is 45.1 Å². The number of carboxylic acid groups (broad SMARTS) is 1. The molecule has 0 saturated carbocycles. The lowest BCUT2D eigenvalue weighted by Crippen LogP contribution is -2.46. The summed E-state index contributed by atoms with van der Waals surface area (Å²) in [6.45, 7) is 6.31. The minimum atomic E-state index is -0.816. The van der Waals surface area contributed by atoms with Gasteiger partial charge in [0, 0.05) is 11.1 Å². The summed E-state index contributed by atoms with van der Waals surface area (Å²) in [5, 5.41) is 24.5. The number of nitrogens with one attached hydrogen (secondary N) is 1. The number of piperidine rings is 1. The van der Waals surface area contributed by atoms with Gasteiger partial charge in [-0.05, 0) is 76.6 Å². The third-order valence-electron chi connectivity index (χ3n) is 6.09. The third kappa shape index (κ3) is 5.02. The molecule has 1 aliphatic heterocycles. The van der Waals surface area contributed by atoms with Crippen LogP contribution in [0.25, 0.3) is 10.9 Å². The van der Waals surface area contributed by atoms with Crippen molar-refractivity contribution in [1.29, 1.82) is 0 Å². The molecule has 3 atom stereocenters. The molecule has 1 unspecified atom stereocenters. The number of carboxylic acids is 1. The molecular formula is C22H30ClN3O4. The number of aromatic nitrogens is 2. The van der Waals surface area contributed by atoms with Crippen LogP contribution in [0.2, 0.25) is 5.02 Å². The van der Waals surface area contributed by atoms with Gasteiger partial charge in [0.25, 0.3) is 5.56 Å². The minimum absolute atomic E-state index is 0.00758. The van der Waals surface area contributed by atoms with Crippen molar-refractivity contribution in [2.24, 2.45) is 11.3 Å². The van der Waals surface area contributed by atoms with Gasteiger partial charge in [0.15, 0.2) is 0 Å². The molecule has 1 aromatic heterocycles. The van der Waals surface area contributed by atoms with Crippen LogP contribution in [0.3, 0.4) is 0 Å². The number of halogens is 1. The minimum Gasteiger partial charge on any atom is -0.481 e. The van der Waals surface area contributed by atoms with Crippen LogP contribution in [0.5, 0.6) is 0 Å². The van der Waals surface area contributed by atoms with E-state index in [1.54, 1.807) is 26.0 Å². The van der Waals surface area contributed by atoms with E-state index < -0.39 is 17.5 Å². The molecule has 2 heterocycles. The Hall–Kier alpha value is -1.96. The fraction of sp³-hybridized carbons (Fsp3) is 0.591. The quantitative estimate of drug-likeness (QED) is 0.617. The van der Waals surface area contributed by atoms with E-state index >= 15 is 0 Å². The van der Waals surface area contributed by atoms with Crippen molar-refractivity contribution in [3.05, 3.63) is 39.4 Å². The number of nitrogens with zero attached hydrogens (tertiary/aromatic N) is 2. The lowest BCUT2D eigenvalue weighted by molar-refractivity contribution is -0.148. The van der Waals surface area contributed by atoms with Crippen molar-refractivity contribution < 1.29 is 15.0 Å². The fourth-order valence-corrected chi connectivity index (χ4v) is 4.68. The van der Waals surface area contributed by atoms with Gasteiger partial charge < -0.3 is 15.5 Å². The average Bonchev–Trinajstić information content (AvgIpc) is 2.65. The molecule has 0 spiro atoms. The SMILES string of the molecule is Cc1cc(Cl)cc2c(=O)n(CC(O)C[C@H]3NCCC[C@H]3CC(C)(C)C(=O)O)cnc12. The Morgan fingerprint density at radius 3 is 2.87 bits per heavy atom. The van der Waals surface area contributed by atoms with Gasteiger partial charge in [-0.1, -0.05) is 11.6 Å². The highest BCUT2D eigenvalue weighted by Gasteiger charge is 2.35. The van der Waals surface area contributed by atoms with Crippen LogP contribution >= 0.6 is 11.6 Å². The monoisotopic (exact) mass is 435 g/mol. The number of aliphatic hydroxyl groups excluding tert-OH is 1. The highest BCUT2D eigenvalue weighted by atomic mass is 35.5. The molecule has 2 aromatic rings. The largest absolute Gasteiger partial charge is 0.481 e. The van der Waals surface area contributed by atoms with Crippen molar-refractivity contribution in [2.45, 2.75) is 65.1 Å². The smallest absolute Gasteiger partial charge is 0.309 e. The maximum absolute atomic E-state index is 12.9. The van der Waals surface area contributed by atoms with Gasteiger partial charge in [0.05, 0.1) is 35.3 Å². The zero-order valence-electron chi connectivity index (χ0n) is 17.7. The molecule has 30 heavy (non-hydrogen) atoms. The highest BCUT2D eigenvalue weighted by Crippen LogP contribution is 2.33. The van der Waals surface area contributed by atoms with Crippen molar-refractivity contribution in [3.63, 3.8) is 0 Å². The summed E-state index contributed by atoms with van der Waals surface area (Å²) >= 11 is 6.10. The maximum Gasteiger partial charge on any atom is 0.309 e. The normalized spacial score (nSPS) is 21.0. The first-order valence-corrected chi connectivity index (χ1v) is 10.8. The van der Waals surface area contributed by atoms with Crippen molar-refractivity contribution >= 4 is 28.5 Å². The summed E-state index contributed by atoms with van der Waals surface area (Å²) in [6.07, 6.45) is 3.61. The van der Waals surface area contributed by atoms with Gasteiger partial charge in [0.2, 0.25) is 0 Å². The van der Waals surface area contributed by atoms with Crippen LogP contribution in [0.4, 0.5) is 0 Å². The van der Waals surface area contributed by atoms with Gasteiger partial charge >= 0.3 is 5.97 Å². The van der Waals surface area contributed by atoms with E-state index in [0.29, 0.717) is 28.8 Å². The Balaban J connectivity index is 1.74. The lowest BCUT2D eigenvalue weighted by Gasteiger charge is -2.37. The number of aliphatic hydroxyl groups is 1. The third-order valence-corrected chi connectivity index (χ3v) is 6.31. The first-order valence-electron chi connectivity index (χ1n) is 10.4. The summed E-state index contributed by atoms with van der Waals surface area (Å²) in [6, 6.07) is 3.38. The number of aliphatic carboxylic acids is 1. The fourth-order valence-electron chi connectivity index (χ4n) is 4.41. The number of hydrogen-bond acceptors (Lipinski definition) is 5. The second-order valence-corrected chi connectivity index (χ2v) is 9.50. The first-order chi connectivity index (χ1) is 14.1. The number of fused-ring (bicyclic) bond motifs is 1. The van der Waals surface area contributed by atoms with Crippen LogP contribution in [-0.4, -0.2) is 44.4 Å². The van der Waals surface area contributed by atoms with Gasteiger partial charge in [-0.3, -0.25) is 14.2 Å². The van der Waals surface area contributed by atoms with E-state index in [1.165, 1.54) is 10.9 Å². The van der Waals surface area contributed by atoms with Crippen LogP contribution < -0.4 is 10.9 Å². The predicted octanol–water partition coefficient (Wildman–Crippen LogP) is 2.98. The Kier molecular flexibility index (Phi) is 6.84. The Morgan fingerprint density at radius 1 is 1.43 bits per heavy atom. The topological polar surface area (TPSA) is 104 Å². The van der Waals surface area contributed by atoms with Crippen molar-refractivity contribution in [2.75, 3.05) is 6.54 Å². The Labute approximate surface area is 181 Å². The Bertz CT molecular complexity index is 988. The molecule has 7 nitrogen and oxygen atoms in total. The van der Waals surface area contributed by atoms with Gasteiger partial charge in [-0.25, -0.2) is 4.98 Å². The summed E-state index contributed by atoms with van der Waals surface area (Å²) in [5.74, 6) is -0.650.